The molecule has 0 fully saturated rings. The zero-order valence-corrected chi connectivity index (χ0v) is 7.93. The first-order valence-corrected chi connectivity index (χ1v) is 4.41. The fourth-order valence-corrected chi connectivity index (χ4v) is 1.01. The third-order valence-electron chi connectivity index (χ3n) is 1.91. The first kappa shape index (κ1) is 11.1. The molecule has 78 valence electrons. The van der Waals surface area contributed by atoms with Gasteiger partial charge in [0.15, 0.2) is 11.6 Å². The smallest absolute Gasteiger partial charge is 0.159 e. The second-order valence-electron chi connectivity index (χ2n) is 3.21. The minimum Gasteiger partial charge on any atom is -0.395 e. The molecular formula is C10H13F2NO. The maximum atomic E-state index is 12.7. The van der Waals surface area contributed by atoms with Crippen LogP contribution in [-0.4, -0.2) is 17.8 Å². The minimum absolute atomic E-state index is 0.0175. The Bertz CT molecular complexity index is 304. The van der Waals surface area contributed by atoms with Gasteiger partial charge in [-0.2, -0.15) is 0 Å². The van der Waals surface area contributed by atoms with Gasteiger partial charge in [0.05, 0.1) is 6.61 Å². The number of aliphatic hydroxyl groups is 1. The molecule has 0 heterocycles. The van der Waals surface area contributed by atoms with E-state index in [2.05, 4.69) is 5.32 Å². The van der Waals surface area contributed by atoms with Crippen molar-refractivity contribution in [2.45, 2.75) is 19.5 Å². The number of halogens is 2. The first-order valence-electron chi connectivity index (χ1n) is 4.41. The summed E-state index contributed by atoms with van der Waals surface area (Å²) in [5.74, 6) is -1.69. The highest BCUT2D eigenvalue weighted by atomic mass is 19.2. The average Bonchev–Trinajstić information content (AvgIpc) is 2.19. The van der Waals surface area contributed by atoms with Crippen LogP contribution in [0.5, 0.6) is 0 Å². The van der Waals surface area contributed by atoms with E-state index in [1.54, 1.807) is 6.92 Å². The van der Waals surface area contributed by atoms with Gasteiger partial charge in [0.25, 0.3) is 0 Å². The van der Waals surface area contributed by atoms with Gasteiger partial charge in [-0.25, -0.2) is 8.78 Å². The molecule has 2 N–H and O–H groups in total. The van der Waals surface area contributed by atoms with Crippen molar-refractivity contribution in [3.05, 3.63) is 35.4 Å². The van der Waals surface area contributed by atoms with Gasteiger partial charge in [0, 0.05) is 12.6 Å². The number of nitrogens with one attached hydrogen (secondary N) is 1. The number of benzene rings is 1. The van der Waals surface area contributed by atoms with Crippen molar-refractivity contribution >= 4 is 0 Å². The van der Waals surface area contributed by atoms with Crippen molar-refractivity contribution in [1.82, 2.24) is 5.32 Å². The Hall–Kier alpha value is -1.00. The third kappa shape index (κ3) is 3.05. The molecule has 0 saturated heterocycles. The Morgan fingerprint density at radius 2 is 2.07 bits per heavy atom. The molecular weight excluding hydrogens is 188 g/mol. The molecule has 1 aromatic carbocycles. The van der Waals surface area contributed by atoms with Gasteiger partial charge in [-0.15, -0.1) is 0 Å². The molecule has 0 spiro atoms. The lowest BCUT2D eigenvalue weighted by atomic mass is 10.2. The summed E-state index contributed by atoms with van der Waals surface area (Å²) in [5, 5.41) is 11.7. The van der Waals surface area contributed by atoms with Crippen LogP contribution in [0, 0.1) is 11.6 Å². The van der Waals surface area contributed by atoms with Gasteiger partial charge in [0.1, 0.15) is 0 Å². The zero-order chi connectivity index (χ0) is 10.6. The largest absolute Gasteiger partial charge is 0.395 e. The van der Waals surface area contributed by atoms with E-state index < -0.39 is 11.6 Å². The first-order chi connectivity index (χ1) is 6.63. The SMILES string of the molecule is C[C@@H](CO)NCc1ccc(F)c(F)c1. The zero-order valence-electron chi connectivity index (χ0n) is 7.93. The van der Waals surface area contributed by atoms with E-state index in [0.29, 0.717) is 12.1 Å². The van der Waals surface area contributed by atoms with Crippen LogP contribution >= 0.6 is 0 Å². The van der Waals surface area contributed by atoms with Gasteiger partial charge < -0.3 is 10.4 Å². The normalized spacial score (nSPS) is 12.9. The van der Waals surface area contributed by atoms with Crippen molar-refractivity contribution in [3.8, 4) is 0 Å². The summed E-state index contributed by atoms with van der Waals surface area (Å²) in [4.78, 5) is 0. The van der Waals surface area contributed by atoms with Crippen LogP contribution in [0.25, 0.3) is 0 Å². The van der Waals surface area contributed by atoms with E-state index in [1.807, 2.05) is 0 Å². The molecule has 4 heteroatoms. The molecule has 0 aromatic heterocycles. The quantitative estimate of drug-likeness (QED) is 0.772. The number of hydrogen-bond acceptors (Lipinski definition) is 2. The fourth-order valence-electron chi connectivity index (χ4n) is 1.01. The molecule has 2 nitrogen and oxygen atoms in total. The van der Waals surface area contributed by atoms with Gasteiger partial charge >= 0.3 is 0 Å². The van der Waals surface area contributed by atoms with Gasteiger partial charge in [0.2, 0.25) is 0 Å². The average molecular weight is 201 g/mol. The molecule has 0 radical (unpaired) electrons. The third-order valence-corrected chi connectivity index (χ3v) is 1.91. The summed E-state index contributed by atoms with van der Waals surface area (Å²) in [6.07, 6.45) is 0. The van der Waals surface area contributed by atoms with Crippen molar-refractivity contribution < 1.29 is 13.9 Å². The van der Waals surface area contributed by atoms with E-state index in [1.165, 1.54) is 6.07 Å². The Morgan fingerprint density at radius 3 is 2.64 bits per heavy atom. The number of rotatable bonds is 4. The van der Waals surface area contributed by atoms with Gasteiger partial charge in [-0.05, 0) is 24.6 Å². The summed E-state index contributed by atoms with van der Waals surface area (Å²) in [6.45, 7) is 2.24. The lowest BCUT2D eigenvalue weighted by Gasteiger charge is -2.10. The monoisotopic (exact) mass is 201 g/mol. The Morgan fingerprint density at radius 1 is 1.36 bits per heavy atom. The molecule has 0 saturated carbocycles. The summed E-state index contributed by atoms with van der Waals surface area (Å²) in [6, 6.07) is 3.70. The topological polar surface area (TPSA) is 32.3 Å². The second-order valence-corrected chi connectivity index (χ2v) is 3.21. The second kappa shape index (κ2) is 5.02. The highest BCUT2D eigenvalue weighted by Gasteiger charge is 2.03. The molecule has 14 heavy (non-hydrogen) atoms. The van der Waals surface area contributed by atoms with Crippen LogP contribution in [0.4, 0.5) is 8.78 Å². The molecule has 1 rings (SSSR count). The molecule has 0 bridgehead atoms. The summed E-state index contributed by atoms with van der Waals surface area (Å²) in [5.41, 5.74) is 0.657. The molecule has 0 unspecified atom stereocenters. The Kier molecular flexibility index (Phi) is 3.98. The van der Waals surface area contributed by atoms with Crippen molar-refractivity contribution in [3.63, 3.8) is 0 Å². The Labute approximate surface area is 81.6 Å². The lowest BCUT2D eigenvalue weighted by Crippen LogP contribution is -2.28. The number of hydrogen-bond donors (Lipinski definition) is 2. The van der Waals surface area contributed by atoms with E-state index in [0.717, 1.165) is 12.1 Å². The lowest BCUT2D eigenvalue weighted by molar-refractivity contribution is 0.251. The van der Waals surface area contributed by atoms with E-state index in [4.69, 9.17) is 5.11 Å². The molecule has 0 aliphatic carbocycles. The Balaban J connectivity index is 2.55. The van der Waals surface area contributed by atoms with Crippen LogP contribution in [0.2, 0.25) is 0 Å². The maximum absolute atomic E-state index is 12.7. The van der Waals surface area contributed by atoms with Crippen molar-refractivity contribution in [2.75, 3.05) is 6.61 Å². The summed E-state index contributed by atoms with van der Waals surface area (Å²) >= 11 is 0. The highest BCUT2D eigenvalue weighted by Crippen LogP contribution is 2.08. The van der Waals surface area contributed by atoms with E-state index in [-0.39, 0.29) is 12.6 Å². The predicted octanol–water partition coefficient (Wildman–Crippen LogP) is 1.44. The van der Waals surface area contributed by atoms with Gasteiger partial charge in [-0.3, -0.25) is 0 Å². The van der Waals surface area contributed by atoms with Crippen LogP contribution < -0.4 is 5.32 Å². The highest BCUT2D eigenvalue weighted by molar-refractivity contribution is 5.17. The summed E-state index contributed by atoms with van der Waals surface area (Å²) < 4.78 is 25.3. The van der Waals surface area contributed by atoms with Crippen molar-refractivity contribution in [2.24, 2.45) is 0 Å². The van der Waals surface area contributed by atoms with Crippen molar-refractivity contribution in [1.29, 1.82) is 0 Å². The van der Waals surface area contributed by atoms with Gasteiger partial charge in [-0.1, -0.05) is 6.07 Å². The van der Waals surface area contributed by atoms with Crippen LogP contribution in [0.3, 0.4) is 0 Å². The molecule has 0 aliphatic heterocycles. The molecule has 1 atom stereocenters. The van der Waals surface area contributed by atoms with Crippen LogP contribution in [-0.2, 0) is 6.54 Å². The van der Waals surface area contributed by atoms with E-state index in [9.17, 15) is 8.78 Å². The molecule has 1 aromatic rings. The predicted molar refractivity (Wildman–Crippen MR) is 49.7 cm³/mol. The molecule has 0 aliphatic rings. The van der Waals surface area contributed by atoms with Crippen LogP contribution in [0.15, 0.2) is 18.2 Å². The number of aliphatic hydroxyl groups excluding tert-OH is 1. The minimum atomic E-state index is -0.846. The fraction of sp³-hybridized carbons (Fsp3) is 0.400. The maximum Gasteiger partial charge on any atom is 0.159 e. The van der Waals surface area contributed by atoms with Crippen LogP contribution in [0.1, 0.15) is 12.5 Å². The summed E-state index contributed by atoms with van der Waals surface area (Å²) in [7, 11) is 0. The van der Waals surface area contributed by atoms with E-state index >= 15 is 0 Å². The standard InChI is InChI=1S/C10H13F2NO/c1-7(6-14)13-5-8-2-3-9(11)10(12)4-8/h2-4,7,13-14H,5-6H2,1H3/t7-/m0/s1. The molecule has 0 amide bonds.